The zero-order valence-corrected chi connectivity index (χ0v) is 7.62. The summed E-state index contributed by atoms with van der Waals surface area (Å²) in [5.74, 6) is -0.742. The molecule has 1 atom stereocenters. The Bertz CT molecular complexity index is 384. The fourth-order valence-corrected chi connectivity index (χ4v) is 1.08. The summed E-state index contributed by atoms with van der Waals surface area (Å²) in [6, 6.07) is 6.69. The second kappa shape index (κ2) is 4.38. The normalized spacial score (nSPS) is 11.5. The summed E-state index contributed by atoms with van der Waals surface area (Å²) >= 11 is 0. The van der Waals surface area contributed by atoms with Crippen molar-refractivity contribution in [1.29, 1.82) is 5.26 Å². The van der Waals surface area contributed by atoms with Gasteiger partial charge in [-0.05, 0) is 17.7 Å². The average Bonchev–Trinajstić information content (AvgIpc) is 2.14. The van der Waals surface area contributed by atoms with Crippen molar-refractivity contribution in [3.63, 3.8) is 0 Å². The number of nitrogens with one attached hydrogen (secondary N) is 1. The van der Waals surface area contributed by atoms with E-state index in [0.717, 1.165) is 0 Å². The first-order valence-electron chi connectivity index (χ1n) is 4.05. The van der Waals surface area contributed by atoms with E-state index < -0.39 is 11.9 Å². The third-order valence-corrected chi connectivity index (χ3v) is 1.66. The van der Waals surface area contributed by atoms with E-state index in [0.29, 0.717) is 5.56 Å². The van der Waals surface area contributed by atoms with Crippen molar-refractivity contribution in [2.45, 2.75) is 13.0 Å². The predicted octanol–water partition coefficient (Wildman–Crippen LogP) is 1.53. The first-order chi connectivity index (χ1) is 6.63. The van der Waals surface area contributed by atoms with Crippen LogP contribution in [0.3, 0.4) is 0 Å². The monoisotopic (exact) mass is 192 g/mol. The maximum Gasteiger partial charge on any atom is 0.218 e. The van der Waals surface area contributed by atoms with Gasteiger partial charge in [0.2, 0.25) is 5.91 Å². The Morgan fingerprint density at radius 3 is 2.86 bits per heavy atom. The fourth-order valence-electron chi connectivity index (χ4n) is 1.08. The second-order valence-corrected chi connectivity index (χ2v) is 2.82. The highest BCUT2D eigenvalue weighted by Crippen LogP contribution is 2.12. The smallest absolute Gasteiger partial charge is 0.218 e. The molecule has 1 amide bonds. The van der Waals surface area contributed by atoms with Gasteiger partial charge >= 0.3 is 0 Å². The van der Waals surface area contributed by atoms with Crippen molar-refractivity contribution in [2.24, 2.45) is 0 Å². The van der Waals surface area contributed by atoms with Gasteiger partial charge < -0.3 is 5.32 Å². The van der Waals surface area contributed by atoms with Gasteiger partial charge in [0.15, 0.2) is 0 Å². The van der Waals surface area contributed by atoms with Crippen LogP contribution in [0.4, 0.5) is 4.39 Å². The number of amides is 1. The van der Waals surface area contributed by atoms with Crippen molar-refractivity contribution >= 4 is 5.91 Å². The number of hydrogen-bond donors (Lipinski definition) is 1. The molecular weight excluding hydrogens is 183 g/mol. The van der Waals surface area contributed by atoms with Gasteiger partial charge in [-0.2, -0.15) is 5.26 Å². The molecule has 1 rings (SSSR count). The molecule has 0 aromatic heterocycles. The zero-order valence-electron chi connectivity index (χ0n) is 7.62. The third kappa shape index (κ3) is 2.56. The molecule has 14 heavy (non-hydrogen) atoms. The molecule has 1 N–H and O–H groups in total. The van der Waals surface area contributed by atoms with Gasteiger partial charge in [0, 0.05) is 6.92 Å². The van der Waals surface area contributed by atoms with Crippen molar-refractivity contribution in [3.05, 3.63) is 35.6 Å². The van der Waals surface area contributed by atoms with E-state index in [1.807, 2.05) is 6.07 Å². The highest BCUT2D eigenvalue weighted by atomic mass is 19.1. The molecule has 3 nitrogen and oxygen atoms in total. The summed E-state index contributed by atoms with van der Waals surface area (Å²) < 4.78 is 12.8. The van der Waals surface area contributed by atoms with Crippen molar-refractivity contribution in [1.82, 2.24) is 5.32 Å². The third-order valence-electron chi connectivity index (χ3n) is 1.66. The van der Waals surface area contributed by atoms with Crippen LogP contribution in [0.5, 0.6) is 0 Å². The van der Waals surface area contributed by atoms with Crippen LogP contribution in [0.15, 0.2) is 24.3 Å². The highest BCUT2D eigenvalue weighted by molar-refractivity contribution is 5.73. The molecule has 1 aromatic rings. The molecular formula is C10H9FN2O. The molecule has 0 spiro atoms. The molecule has 0 heterocycles. The lowest BCUT2D eigenvalue weighted by Gasteiger charge is -2.09. The molecule has 4 heteroatoms. The number of nitriles is 1. The Morgan fingerprint density at radius 1 is 1.64 bits per heavy atom. The Balaban J connectivity index is 2.90. The molecule has 0 aliphatic rings. The number of hydrogen-bond acceptors (Lipinski definition) is 2. The lowest BCUT2D eigenvalue weighted by Crippen LogP contribution is -2.24. The van der Waals surface area contributed by atoms with Gasteiger partial charge in [0.05, 0.1) is 6.07 Å². The minimum Gasteiger partial charge on any atom is -0.337 e. The van der Waals surface area contributed by atoms with Crippen LogP contribution in [0.1, 0.15) is 18.5 Å². The topological polar surface area (TPSA) is 52.9 Å². The van der Waals surface area contributed by atoms with Gasteiger partial charge in [-0.1, -0.05) is 12.1 Å². The zero-order chi connectivity index (χ0) is 10.6. The number of carbonyl (C=O) groups is 1. The number of halogens is 1. The van der Waals surface area contributed by atoms with E-state index in [-0.39, 0.29) is 5.91 Å². The van der Waals surface area contributed by atoms with Crippen LogP contribution >= 0.6 is 0 Å². The fraction of sp³-hybridized carbons (Fsp3) is 0.200. The number of benzene rings is 1. The standard InChI is InChI=1S/C10H9FN2O/c1-7(14)13-10(6-12)8-3-2-4-9(11)5-8/h2-5,10H,1H3,(H,13,14)/t10-/m0/s1. The van der Waals surface area contributed by atoms with Crippen LogP contribution in [0.2, 0.25) is 0 Å². The van der Waals surface area contributed by atoms with Crippen molar-refractivity contribution in [2.75, 3.05) is 0 Å². The Kier molecular flexibility index (Phi) is 3.19. The molecule has 0 saturated heterocycles. The van der Waals surface area contributed by atoms with Crippen molar-refractivity contribution in [3.8, 4) is 6.07 Å². The summed E-state index contributed by atoms with van der Waals surface area (Å²) in [5.41, 5.74) is 0.447. The van der Waals surface area contributed by atoms with Gasteiger partial charge in [0.1, 0.15) is 11.9 Å². The molecule has 0 unspecified atom stereocenters. The van der Waals surface area contributed by atoms with Gasteiger partial charge in [-0.15, -0.1) is 0 Å². The second-order valence-electron chi connectivity index (χ2n) is 2.82. The number of carbonyl (C=O) groups excluding carboxylic acids is 1. The van der Waals surface area contributed by atoms with Crippen LogP contribution in [-0.4, -0.2) is 5.91 Å². The van der Waals surface area contributed by atoms with Crippen LogP contribution in [-0.2, 0) is 4.79 Å². The molecule has 1 aromatic carbocycles. The van der Waals surface area contributed by atoms with Crippen molar-refractivity contribution < 1.29 is 9.18 Å². The average molecular weight is 192 g/mol. The lowest BCUT2D eigenvalue weighted by atomic mass is 10.1. The van der Waals surface area contributed by atoms with E-state index in [1.165, 1.54) is 25.1 Å². The number of rotatable bonds is 2. The Hall–Kier alpha value is -1.89. The van der Waals surface area contributed by atoms with Gasteiger partial charge in [-0.25, -0.2) is 4.39 Å². The largest absolute Gasteiger partial charge is 0.337 e. The maximum atomic E-state index is 12.8. The molecule has 0 aliphatic carbocycles. The molecule has 0 bridgehead atoms. The first-order valence-corrected chi connectivity index (χ1v) is 4.05. The van der Waals surface area contributed by atoms with Crippen LogP contribution in [0.25, 0.3) is 0 Å². The molecule has 72 valence electrons. The highest BCUT2D eigenvalue weighted by Gasteiger charge is 2.11. The SMILES string of the molecule is CC(=O)N[C@@H](C#N)c1cccc(F)c1. The quantitative estimate of drug-likeness (QED) is 0.772. The van der Waals surface area contributed by atoms with E-state index in [1.54, 1.807) is 6.07 Å². The lowest BCUT2D eigenvalue weighted by molar-refractivity contribution is -0.119. The summed E-state index contributed by atoms with van der Waals surface area (Å²) in [6.07, 6.45) is 0. The van der Waals surface area contributed by atoms with E-state index >= 15 is 0 Å². The maximum absolute atomic E-state index is 12.8. The van der Waals surface area contributed by atoms with E-state index in [9.17, 15) is 9.18 Å². The molecule has 0 fully saturated rings. The number of nitrogens with zero attached hydrogens (tertiary/aromatic N) is 1. The predicted molar refractivity (Wildman–Crippen MR) is 48.6 cm³/mol. The minimum absolute atomic E-state index is 0.319. The summed E-state index contributed by atoms with van der Waals surface area (Å²) in [5, 5.41) is 11.1. The Labute approximate surface area is 81.2 Å². The van der Waals surface area contributed by atoms with E-state index in [4.69, 9.17) is 5.26 Å². The van der Waals surface area contributed by atoms with Crippen LogP contribution in [0, 0.1) is 17.1 Å². The summed E-state index contributed by atoms with van der Waals surface area (Å²) in [7, 11) is 0. The minimum atomic E-state index is -0.789. The van der Waals surface area contributed by atoms with Crippen LogP contribution < -0.4 is 5.32 Å². The van der Waals surface area contributed by atoms with Gasteiger partial charge in [-0.3, -0.25) is 4.79 Å². The summed E-state index contributed by atoms with van der Waals surface area (Å²) in [4.78, 5) is 10.7. The van der Waals surface area contributed by atoms with E-state index in [2.05, 4.69) is 5.32 Å². The summed E-state index contributed by atoms with van der Waals surface area (Å²) in [6.45, 7) is 1.31. The van der Waals surface area contributed by atoms with Gasteiger partial charge in [0.25, 0.3) is 0 Å². The molecule has 0 saturated carbocycles. The Morgan fingerprint density at radius 2 is 2.36 bits per heavy atom. The molecule has 0 radical (unpaired) electrons. The first kappa shape index (κ1) is 10.2. The molecule has 0 aliphatic heterocycles.